The molecule has 0 aliphatic carbocycles. The molecular weight excluding hydrogens is 380 g/mol. The van der Waals surface area contributed by atoms with E-state index in [1.165, 1.54) is 55.3 Å². The molecule has 6 nitrogen and oxygen atoms in total. The minimum atomic E-state index is -1.04. The Morgan fingerprint density at radius 2 is 1.83 bits per heavy atom. The van der Waals surface area contributed by atoms with E-state index in [2.05, 4.69) is 35.3 Å². The summed E-state index contributed by atoms with van der Waals surface area (Å²) >= 11 is 0. The van der Waals surface area contributed by atoms with Crippen molar-refractivity contribution in [2.45, 2.75) is 83.5 Å². The molecule has 30 heavy (non-hydrogen) atoms. The first-order chi connectivity index (χ1) is 14.3. The number of unbranched alkanes of at least 4 members (excludes halogenated alkanes) is 5. The van der Waals surface area contributed by atoms with Crippen molar-refractivity contribution in [1.82, 2.24) is 5.32 Å². The van der Waals surface area contributed by atoms with Crippen LogP contribution in [0.4, 0.5) is 10.5 Å². The number of anilines is 1. The zero-order valence-corrected chi connectivity index (χ0v) is 18.8. The third-order valence-corrected chi connectivity index (χ3v) is 6.28. The molecule has 0 atom stereocenters. The van der Waals surface area contributed by atoms with Gasteiger partial charge < -0.3 is 24.8 Å². The van der Waals surface area contributed by atoms with Crippen LogP contribution in [-0.4, -0.2) is 48.8 Å². The Kier molecular flexibility index (Phi) is 7.64. The molecule has 2 N–H and O–H groups in total. The number of nitrogens with zero attached hydrogens (tertiary/aromatic N) is 1. The Balaban J connectivity index is 1.64. The summed E-state index contributed by atoms with van der Waals surface area (Å²) in [4.78, 5) is 13.8. The largest absolute Gasteiger partial charge is 0.465 e. The molecule has 6 heteroatoms. The lowest BCUT2D eigenvalue weighted by atomic mass is 9.97. The van der Waals surface area contributed by atoms with Crippen LogP contribution in [0.2, 0.25) is 0 Å². The standard InChI is InChI=1S/C24H38N2O4/c1-4-5-6-7-8-9-11-19-12-10-13-21-20(19)14-15-26(21)16-24(25-22(27)28)17-29-23(2,3)30-18-24/h10,12-13,25H,4-9,11,14-18H2,1-3H3,(H,27,28). The van der Waals surface area contributed by atoms with E-state index in [-0.39, 0.29) is 0 Å². The molecule has 0 aromatic heterocycles. The van der Waals surface area contributed by atoms with Gasteiger partial charge in [0.1, 0.15) is 5.54 Å². The maximum atomic E-state index is 11.5. The first-order valence-electron chi connectivity index (χ1n) is 11.5. The molecule has 168 valence electrons. The highest BCUT2D eigenvalue weighted by Crippen LogP contribution is 2.34. The summed E-state index contributed by atoms with van der Waals surface area (Å²) in [6.07, 6.45) is 8.93. The molecule has 1 aromatic carbocycles. The number of carbonyl (C=O) groups is 1. The third-order valence-electron chi connectivity index (χ3n) is 6.28. The summed E-state index contributed by atoms with van der Waals surface area (Å²) in [6, 6.07) is 6.56. The first-order valence-corrected chi connectivity index (χ1v) is 11.5. The second-order valence-electron chi connectivity index (χ2n) is 9.29. The number of carboxylic acid groups (broad SMARTS) is 1. The van der Waals surface area contributed by atoms with E-state index in [1.54, 1.807) is 0 Å². The van der Waals surface area contributed by atoms with Crippen LogP contribution in [0.25, 0.3) is 0 Å². The molecule has 0 unspecified atom stereocenters. The monoisotopic (exact) mass is 418 g/mol. The highest BCUT2D eigenvalue weighted by Gasteiger charge is 2.43. The smallest absolute Gasteiger partial charge is 0.405 e. The molecule has 0 saturated carbocycles. The lowest BCUT2D eigenvalue weighted by molar-refractivity contribution is -0.268. The van der Waals surface area contributed by atoms with Gasteiger partial charge >= 0.3 is 6.09 Å². The quantitative estimate of drug-likeness (QED) is 0.537. The highest BCUT2D eigenvalue weighted by atomic mass is 16.7. The van der Waals surface area contributed by atoms with Crippen molar-refractivity contribution in [2.75, 3.05) is 31.2 Å². The zero-order valence-electron chi connectivity index (χ0n) is 18.8. The number of benzene rings is 1. The Labute approximate surface area is 180 Å². The maximum absolute atomic E-state index is 11.5. The average molecular weight is 419 g/mol. The number of hydrogen-bond acceptors (Lipinski definition) is 4. The Morgan fingerprint density at radius 3 is 2.53 bits per heavy atom. The summed E-state index contributed by atoms with van der Waals surface area (Å²) in [5.41, 5.74) is 3.34. The van der Waals surface area contributed by atoms with Crippen LogP contribution in [0, 0.1) is 0 Å². The number of fused-ring (bicyclic) bond motifs is 1. The molecule has 0 spiro atoms. The van der Waals surface area contributed by atoms with Gasteiger partial charge in [0.15, 0.2) is 5.79 Å². The highest BCUT2D eigenvalue weighted by molar-refractivity contribution is 5.67. The average Bonchev–Trinajstić information content (AvgIpc) is 3.10. The molecule has 3 rings (SSSR count). The van der Waals surface area contributed by atoms with E-state index < -0.39 is 17.4 Å². The molecule has 1 amide bonds. The Hall–Kier alpha value is -1.79. The van der Waals surface area contributed by atoms with Gasteiger partial charge in [0.25, 0.3) is 0 Å². The van der Waals surface area contributed by atoms with Crippen LogP contribution in [0.5, 0.6) is 0 Å². The number of amides is 1. The predicted molar refractivity (Wildman–Crippen MR) is 119 cm³/mol. The molecule has 2 heterocycles. The van der Waals surface area contributed by atoms with Gasteiger partial charge in [-0.15, -0.1) is 0 Å². The van der Waals surface area contributed by atoms with E-state index in [4.69, 9.17) is 9.47 Å². The fourth-order valence-corrected chi connectivity index (χ4v) is 4.57. The maximum Gasteiger partial charge on any atom is 0.405 e. The van der Waals surface area contributed by atoms with Gasteiger partial charge in [0.2, 0.25) is 0 Å². The van der Waals surface area contributed by atoms with Crippen LogP contribution < -0.4 is 10.2 Å². The number of hydrogen-bond donors (Lipinski definition) is 2. The van der Waals surface area contributed by atoms with Crippen LogP contribution in [0.15, 0.2) is 18.2 Å². The lowest BCUT2D eigenvalue weighted by Gasteiger charge is -2.45. The molecule has 0 radical (unpaired) electrons. The molecule has 2 aliphatic rings. The minimum Gasteiger partial charge on any atom is -0.465 e. The van der Waals surface area contributed by atoms with Crippen molar-refractivity contribution in [1.29, 1.82) is 0 Å². The lowest BCUT2D eigenvalue weighted by Crippen LogP contribution is -2.65. The topological polar surface area (TPSA) is 71.0 Å². The Morgan fingerprint density at radius 1 is 1.13 bits per heavy atom. The van der Waals surface area contributed by atoms with Gasteiger partial charge in [0.05, 0.1) is 13.2 Å². The van der Waals surface area contributed by atoms with Gasteiger partial charge in [-0.05, 0) is 50.3 Å². The van der Waals surface area contributed by atoms with Crippen LogP contribution in [0.3, 0.4) is 0 Å². The van der Waals surface area contributed by atoms with E-state index in [1.807, 2.05) is 13.8 Å². The summed E-state index contributed by atoms with van der Waals surface area (Å²) < 4.78 is 11.6. The van der Waals surface area contributed by atoms with E-state index >= 15 is 0 Å². The number of ether oxygens (including phenoxy) is 2. The van der Waals surface area contributed by atoms with Crippen LogP contribution in [0.1, 0.15) is 70.4 Å². The summed E-state index contributed by atoms with van der Waals surface area (Å²) in [7, 11) is 0. The number of nitrogens with one attached hydrogen (secondary N) is 1. The fraction of sp³-hybridized carbons (Fsp3) is 0.708. The molecule has 2 aliphatic heterocycles. The van der Waals surface area contributed by atoms with Crippen molar-refractivity contribution < 1.29 is 19.4 Å². The number of aryl methyl sites for hydroxylation is 1. The van der Waals surface area contributed by atoms with Crippen molar-refractivity contribution in [3.8, 4) is 0 Å². The van der Waals surface area contributed by atoms with Gasteiger partial charge in [-0.25, -0.2) is 4.79 Å². The molecule has 1 fully saturated rings. The first kappa shape index (κ1) is 22.9. The van der Waals surface area contributed by atoms with E-state index in [9.17, 15) is 9.90 Å². The van der Waals surface area contributed by atoms with E-state index in [0.717, 1.165) is 19.4 Å². The second-order valence-corrected chi connectivity index (χ2v) is 9.29. The molecule has 1 aromatic rings. The molecular formula is C24H38N2O4. The minimum absolute atomic E-state index is 0.301. The predicted octanol–water partition coefficient (Wildman–Crippen LogP) is 4.74. The summed E-state index contributed by atoms with van der Waals surface area (Å²) in [5, 5.41) is 12.1. The fourth-order valence-electron chi connectivity index (χ4n) is 4.57. The molecule has 0 bridgehead atoms. The summed E-state index contributed by atoms with van der Waals surface area (Å²) in [6.45, 7) is 8.01. The van der Waals surface area contributed by atoms with Gasteiger partial charge in [-0.3, -0.25) is 0 Å². The zero-order chi connectivity index (χ0) is 21.6. The van der Waals surface area contributed by atoms with Crippen molar-refractivity contribution in [3.63, 3.8) is 0 Å². The van der Waals surface area contributed by atoms with Crippen LogP contribution in [-0.2, 0) is 22.3 Å². The SMILES string of the molecule is CCCCCCCCc1cccc2c1CCN2CC1(NC(=O)O)COC(C)(C)OC1. The summed E-state index contributed by atoms with van der Waals surface area (Å²) in [5.74, 6) is -0.684. The van der Waals surface area contributed by atoms with Crippen molar-refractivity contribution in [3.05, 3.63) is 29.3 Å². The normalized spacial score (nSPS) is 19.5. The Bertz CT molecular complexity index is 709. The third kappa shape index (κ3) is 5.88. The van der Waals surface area contributed by atoms with Crippen molar-refractivity contribution in [2.24, 2.45) is 0 Å². The number of rotatable bonds is 10. The second kappa shape index (κ2) is 10.0. The van der Waals surface area contributed by atoms with E-state index in [0.29, 0.717) is 19.8 Å². The van der Waals surface area contributed by atoms with Gasteiger partial charge in [0, 0.05) is 18.8 Å². The molecule has 1 saturated heterocycles. The van der Waals surface area contributed by atoms with Gasteiger partial charge in [-0.2, -0.15) is 0 Å². The van der Waals surface area contributed by atoms with Gasteiger partial charge in [-0.1, -0.05) is 51.2 Å². The van der Waals surface area contributed by atoms with Crippen molar-refractivity contribution >= 4 is 11.8 Å². The van der Waals surface area contributed by atoms with Crippen LogP contribution >= 0.6 is 0 Å².